The molecule has 0 bridgehead atoms. The lowest BCUT2D eigenvalue weighted by Crippen LogP contribution is -2.39. The van der Waals surface area contributed by atoms with E-state index in [1.807, 2.05) is 62.3 Å². The van der Waals surface area contributed by atoms with Crippen molar-refractivity contribution in [2.75, 3.05) is 19.7 Å². The van der Waals surface area contributed by atoms with Gasteiger partial charge in [0, 0.05) is 31.5 Å². The van der Waals surface area contributed by atoms with Gasteiger partial charge in [-0.1, -0.05) is 88.5 Å². The van der Waals surface area contributed by atoms with Crippen molar-refractivity contribution in [1.29, 1.82) is 0 Å². The molecule has 0 aromatic rings. The third kappa shape index (κ3) is 26.9. The standard InChI is InChI=1S/C20H40N2O3.C3H8.2C2H6/c1-7-9-10-14-22-18(24)19(3,4)13-16-25-20(5,6)12-15-21-17(23)11-8-2;1-3-2;2*1-2/h7-16H2,1-6H3,(H,21,23)(H,22,24);3H2,1-2H3;2*1-2H3. The van der Waals surface area contributed by atoms with Gasteiger partial charge < -0.3 is 15.4 Å². The number of hydrogen-bond acceptors (Lipinski definition) is 3. The maximum atomic E-state index is 12.3. The Kier molecular flexibility index (Phi) is 31.2. The number of nitrogens with one attached hydrogen (secondary N) is 2. The first-order valence-corrected chi connectivity index (χ1v) is 13.2. The van der Waals surface area contributed by atoms with Crippen LogP contribution in [0.2, 0.25) is 0 Å². The van der Waals surface area contributed by atoms with E-state index < -0.39 is 5.41 Å². The van der Waals surface area contributed by atoms with Gasteiger partial charge in [0.2, 0.25) is 11.8 Å². The number of unbranched alkanes of at least 4 members (excludes halogenated alkanes) is 2. The molecular weight excluding hydrogens is 400 g/mol. The van der Waals surface area contributed by atoms with Gasteiger partial charge in [0.15, 0.2) is 0 Å². The van der Waals surface area contributed by atoms with Crippen molar-refractivity contribution in [2.24, 2.45) is 5.41 Å². The molecule has 0 fully saturated rings. The number of rotatable bonds is 14. The number of hydrogen-bond donors (Lipinski definition) is 2. The molecule has 0 saturated heterocycles. The normalized spacial score (nSPS) is 10.4. The fraction of sp³-hybridized carbons (Fsp3) is 0.926. The van der Waals surface area contributed by atoms with Gasteiger partial charge in [-0.3, -0.25) is 9.59 Å². The Balaban J connectivity index is -0.000000499. The molecule has 0 heterocycles. The van der Waals surface area contributed by atoms with E-state index in [1.165, 1.54) is 6.42 Å². The van der Waals surface area contributed by atoms with Gasteiger partial charge in [0.1, 0.15) is 0 Å². The molecule has 0 aromatic carbocycles. The summed E-state index contributed by atoms with van der Waals surface area (Å²) >= 11 is 0. The average Bonchev–Trinajstić information content (AvgIpc) is 2.74. The Labute approximate surface area is 202 Å². The van der Waals surface area contributed by atoms with E-state index in [-0.39, 0.29) is 17.4 Å². The zero-order valence-electron chi connectivity index (χ0n) is 24.0. The third-order valence-corrected chi connectivity index (χ3v) is 4.43. The Hall–Kier alpha value is -1.10. The Morgan fingerprint density at radius 3 is 1.75 bits per heavy atom. The fourth-order valence-electron chi connectivity index (χ4n) is 2.40. The molecule has 0 rings (SSSR count). The fourth-order valence-corrected chi connectivity index (χ4v) is 2.40. The summed E-state index contributed by atoms with van der Waals surface area (Å²) < 4.78 is 5.97. The summed E-state index contributed by atoms with van der Waals surface area (Å²) in [6, 6.07) is 0. The first-order chi connectivity index (χ1) is 15.1. The van der Waals surface area contributed by atoms with Crippen molar-refractivity contribution in [3.05, 3.63) is 0 Å². The summed E-state index contributed by atoms with van der Waals surface area (Å²) in [4.78, 5) is 23.8. The maximum Gasteiger partial charge on any atom is 0.225 e. The molecule has 5 heteroatoms. The van der Waals surface area contributed by atoms with Crippen molar-refractivity contribution >= 4 is 11.8 Å². The summed E-state index contributed by atoms with van der Waals surface area (Å²) in [7, 11) is 0. The van der Waals surface area contributed by atoms with E-state index in [1.54, 1.807) is 0 Å². The van der Waals surface area contributed by atoms with Crippen LogP contribution in [0.4, 0.5) is 0 Å². The molecule has 32 heavy (non-hydrogen) atoms. The predicted molar refractivity (Wildman–Crippen MR) is 142 cm³/mol. The summed E-state index contributed by atoms with van der Waals surface area (Å²) in [5.41, 5.74) is -0.745. The summed E-state index contributed by atoms with van der Waals surface area (Å²) in [6.07, 6.45) is 7.45. The van der Waals surface area contributed by atoms with Crippen LogP contribution in [0, 0.1) is 5.41 Å². The van der Waals surface area contributed by atoms with E-state index in [9.17, 15) is 9.59 Å². The van der Waals surface area contributed by atoms with Crippen LogP contribution in [0.25, 0.3) is 0 Å². The molecule has 0 aromatic heterocycles. The zero-order valence-corrected chi connectivity index (χ0v) is 24.0. The minimum absolute atomic E-state index is 0.0943. The molecule has 0 aliphatic rings. The highest BCUT2D eigenvalue weighted by Crippen LogP contribution is 2.23. The number of carbonyl (C=O) groups excluding carboxylic acids is 2. The van der Waals surface area contributed by atoms with Crippen LogP contribution < -0.4 is 10.6 Å². The van der Waals surface area contributed by atoms with Crippen LogP contribution in [-0.4, -0.2) is 37.1 Å². The van der Waals surface area contributed by atoms with Crippen molar-refractivity contribution in [2.45, 2.75) is 140 Å². The van der Waals surface area contributed by atoms with Gasteiger partial charge in [-0.05, 0) is 39.5 Å². The minimum Gasteiger partial charge on any atom is -0.375 e. The first kappa shape index (κ1) is 38.2. The highest BCUT2D eigenvalue weighted by molar-refractivity contribution is 5.81. The largest absolute Gasteiger partial charge is 0.375 e. The van der Waals surface area contributed by atoms with E-state index in [2.05, 4.69) is 31.4 Å². The van der Waals surface area contributed by atoms with E-state index in [0.717, 1.165) is 38.6 Å². The highest BCUT2D eigenvalue weighted by atomic mass is 16.5. The third-order valence-electron chi connectivity index (χ3n) is 4.43. The Morgan fingerprint density at radius 2 is 1.28 bits per heavy atom. The van der Waals surface area contributed by atoms with Crippen LogP contribution >= 0.6 is 0 Å². The van der Waals surface area contributed by atoms with Crippen molar-refractivity contribution < 1.29 is 14.3 Å². The second-order valence-corrected chi connectivity index (χ2v) is 8.76. The minimum atomic E-state index is -0.433. The molecule has 2 N–H and O–H groups in total. The molecule has 0 radical (unpaired) electrons. The van der Waals surface area contributed by atoms with Gasteiger partial charge >= 0.3 is 0 Å². The second kappa shape index (κ2) is 26.2. The van der Waals surface area contributed by atoms with Crippen LogP contribution in [0.5, 0.6) is 0 Å². The zero-order chi connectivity index (χ0) is 26.1. The molecule has 0 spiro atoms. The van der Waals surface area contributed by atoms with Crippen LogP contribution in [0.3, 0.4) is 0 Å². The van der Waals surface area contributed by atoms with Gasteiger partial charge in [-0.15, -0.1) is 0 Å². The molecule has 0 unspecified atom stereocenters. The lowest BCUT2D eigenvalue weighted by atomic mass is 9.88. The summed E-state index contributed by atoms with van der Waals surface area (Å²) in [5.74, 6) is 0.191. The molecular formula is C27H60N2O3. The van der Waals surface area contributed by atoms with Gasteiger partial charge in [-0.25, -0.2) is 0 Å². The molecule has 0 aliphatic heterocycles. The summed E-state index contributed by atoms with van der Waals surface area (Å²) in [5, 5.41) is 5.94. The molecule has 2 amide bonds. The lowest BCUT2D eigenvalue weighted by molar-refractivity contribution is -0.131. The number of carbonyl (C=O) groups is 2. The molecule has 5 nitrogen and oxygen atoms in total. The van der Waals surface area contributed by atoms with Crippen LogP contribution in [-0.2, 0) is 14.3 Å². The lowest BCUT2D eigenvalue weighted by Gasteiger charge is -2.29. The molecule has 0 atom stereocenters. The van der Waals surface area contributed by atoms with E-state index in [4.69, 9.17) is 4.74 Å². The number of ether oxygens (including phenoxy) is 1. The molecule has 196 valence electrons. The van der Waals surface area contributed by atoms with Crippen molar-refractivity contribution in [3.8, 4) is 0 Å². The Bertz CT molecular complexity index is 408. The topological polar surface area (TPSA) is 67.4 Å². The van der Waals surface area contributed by atoms with Gasteiger partial charge in [0.05, 0.1) is 5.60 Å². The quantitative estimate of drug-likeness (QED) is 0.268. The second-order valence-electron chi connectivity index (χ2n) is 8.76. The van der Waals surface area contributed by atoms with E-state index in [0.29, 0.717) is 26.0 Å². The SMILES string of the molecule is CC.CC.CCC.CCCCCNC(=O)C(C)(C)CCOC(C)(C)CCNC(=O)CCC. The van der Waals surface area contributed by atoms with Crippen LogP contribution in [0.15, 0.2) is 0 Å². The van der Waals surface area contributed by atoms with Crippen molar-refractivity contribution in [1.82, 2.24) is 10.6 Å². The van der Waals surface area contributed by atoms with Crippen molar-refractivity contribution in [3.63, 3.8) is 0 Å². The average molecular weight is 461 g/mol. The smallest absolute Gasteiger partial charge is 0.225 e. The number of amides is 2. The van der Waals surface area contributed by atoms with Gasteiger partial charge in [-0.2, -0.15) is 0 Å². The van der Waals surface area contributed by atoms with E-state index >= 15 is 0 Å². The van der Waals surface area contributed by atoms with Gasteiger partial charge in [0.25, 0.3) is 0 Å². The maximum absolute atomic E-state index is 12.3. The first-order valence-electron chi connectivity index (χ1n) is 13.2. The summed E-state index contributed by atoms with van der Waals surface area (Å²) in [6.45, 7) is 26.3. The monoisotopic (exact) mass is 460 g/mol. The van der Waals surface area contributed by atoms with Crippen LogP contribution in [0.1, 0.15) is 134 Å². The Morgan fingerprint density at radius 1 is 0.750 bits per heavy atom. The molecule has 0 saturated carbocycles. The predicted octanol–water partition coefficient (Wildman–Crippen LogP) is 7.28. The highest BCUT2D eigenvalue weighted by Gasteiger charge is 2.28. The molecule has 0 aliphatic carbocycles.